The minimum atomic E-state index is -5.97. The van der Waals surface area contributed by atoms with Gasteiger partial charge in [0, 0.05) is 6.20 Å². The summed E-state index contributed by atoms with van der Waals surface area (Å²) in [6.07, 6.45) is -7.84. The van der Waals surface area contributed by atoms with Crippen molar-refractivity contribution in [2.45, 2.75) is 31.5 Å². The van der Waals surface area contributed by atoms with E-state index in [2.05, 4.69) is 18.1 Å². The molecule has 0 fully saturated rings. The number of anilines is 1. The molecule has 0 spiro atoms. The van der Waals surface area contributed by atoms with E-state index in [9.17, 15) is 42.4 Å². The number of hydrogen-bond donors (Lipinski definition) is 7. The molecule has 1 aromatic rings. The number of aliphatic hydroxyl groups excluding tert-OH is 1. The van der Waals surface area contributed by atoms with Crippen molar-refractivity contribution in [3.63, 3.8) is 0 Å². The molecule has 0 aliphatic heterocycles. The fourth-order valence-electron chi connectivity index (χ4n) is 1.96. The Morgan fingerprint density at radius 3 is 2.16 bits per heavy atom. The lowest BCUT2D eigenvalue weighted by atomic mass is 10.1. The Kier molecular flexibility index (Phi) is 9.38. The van der Waals surface area contributed by atoms with Gasteiger partial charge >= 0.3 is 29.2 Å². The van der Waals surface area contributed by atoms with Crippen molar-refractivity contribution >= 4 is 29.3 Å². The van der Waals surface area contributed by atoms with E-state index in [0.29, 0.717) is 4.57 Å². The number of rotatable bonds is 12. The highest BCUT2D eigenvalue weighted by Gasteiger charge is 2.52. The highest BCUT2D eigenvalue weighted by molar-refractivity contribution is 7.66. The molecule has 186 valence electrons. The number of aromatic nitrogens is 2. The van der Waals surface area contributed by atoms with Gasteiger partial charge in [0.2, 0.25) is 5.60 Å². The Morgan fingerprint density at radius 1 is 1.16 bits per heavy atom. The van der Waals surface area contributed by atoms with E-state index in [0.717, 1.165) is 19.2 Å². The van der Waals surface area contributed by atoms with E-state index in [1.165, 1.54) is 0 Å². The molecule has 0 aromatic carbocycles. The zero-order valence-corrected chi connectivity index (χ0v) is 18.3. The Balaban J connectivity index is 3.14. The van der Waals surface area contributed by atoms with Gasteiger partial charge in [0.15, 0.2) is 6.29 Å². The highest BCUT2D eigenvalue weighted by Crippen LogP contribution is 2.66. The molecule has 1 aromatic heterocycles. The average Bonchev–Trinajstić information content (AvgIpc) is 2.54. The van der Waals surface area contributed by atoms with Crippen molar-refractivity contribution in [1.29, 1.82) is 0 Å². The minimum absolute atomic E-state index is 0.242. The van der Waals surface area contributed by atoms with Crippen molar-refractivity contribution < 1.29 is 70.1 Å². The van der Waals surface area contributed by atoms with Crippen LogP contribution in [0, 0.1) is 0 Å². The predicted molar refractivity (Wildman–Crippen MR) is 95.5 cm³/mol. The van der Waals surface area contributed by atoms with Gasteiger partial charge < -0.3 is 40.3 Å². The van der Waals surface area contributed by atoms with Crippen LogP contribution in [0.4, 0.5) is 14.6 Å². The van der Waals surface area contributed by atoms with Crippen molar-refractivity contribution in [3.8, 4) is 0 Å². The zero-order chi connectivity index (χ0) is 25.1. The molecule has 4 atom stereocenters. The van der Waals surface area contributed by atoms with Crippen LogP contribution in [0.25, 0.3) is 0 Å². The molecule has 8 N–H and O–H groups in total. The van der Waals surface area contributed by atoms with E-state index < -0.39 is 60.3 Å². The topological polar surface area (TPSA) is 270 Å². The number of phosphoric ester groups is 1. The lowest BCUT2D eigenvalue weighted by molar-refractivity contribution is -0.291. The summed E-state index contributed by atoms with van der Waals surface area (Å²) >= 11 is 0. The van der Waals surface area contributed by atoms with Crippen LogP contribution >= 0.6 is 23.5 Å². The molecule has 3 unspecified atom stereocenters. The summed E-state index contributed by atoms with van der Waals surface area (Å²) in [6, 6.07) is 1.06. The van der Waals surface area contributed by atoms with E-state index in [1.807, 2.05) is 0 Å². The first-order valence-electron chi connectivity index (χ1n) is 7.75. The molecule has 0 saturated heterocycles. The molecule has 0 saturated carbocycles. The van der Waals surface area contributed by atoms with E-state index in [-0.39, 0.29) is 5.82 Å². The van der Waals surface area contributed by atoms with Gasteiger partial charge in [0.05, 0.1) is 6.61 Å². The van der Waals surface area contributed by atoms with Crippen LogP contribution in [0.2, 0.25) is 0 Å². The third kappa shape index (κ3) is 8.31. The molecule has 0 aliphatic rings. The van der Waals surface area contributed by atoms with Crippen LogP contribution in [-0.4, -0.2) is 64.3 Å². The second-order valence-electron chi connectivity index (χ2n) is 5.75. The number of nitrogen functional groups attached to an aromatic ring is 1. The lowest BCUT2D eigenvalue weighted by Gasteiger charge is -2.36. The number of alkyl halides is 2. The fraction of sp³-hybridized carbons (Fsp3) is 0.600. The van der Waals surface area contributed by atoms with Crippen molar-refractivity contribution in [2.75, 3.05) is 12.3 Å². The summed E-state index contributed by atoms with van der Waals surface area (Å²) in [7, 11) is -17.6. The molecule has 17 nitrogen and oxygen atoms in total. The van der Waals surface area contributed by atoms with Gasteiger partial charge in [-0.1, -0.05) is 0 Å². The van der Waals surface area contributed by atoms with E-state index >= 15 is 0 Å². The Hall–Kier alpha value is -1.17. The molecular weight excluding hydrogens is 517 g/mol. The second-order valence-corrected chi connectivity index (χ2v) is 10.2. The van der Waals surface area contributed by atoms with E-state index in [4.69, 9.17) is 25.2 Å². The van der Waals surface area contributed by atoms with Gasteiger partial charge in [-0.05, 0) is 13.0 Å². The summed E-state index contributed by atoms with van der Waals surface area (Å²) in [5.74, 6) is -0.242. The summed E-state index contributed by atoms with van der Waals surface area (Å²) in [5, 5.41) is 18.9. The van der Waals surface area contributed by atoms with Gasteiger partial charge in [-0.2, -0.15) is 13.6 Å². The standard InChI is InChI=1S/C10H18F2N3O14P3/c1-5(15-3-2-6(13)14-9(15)18)27-10(7(11)12,8(16)17)4-26-31(22,23)29-32(24,25)28-30(19,20)21/h2-3,5,7-8,16-17H,4H2,1H3,(H,22,23)(H,24,25)(H2,13,14,18)(H2,19,20,21)/t5-,10?/m1/s1. The molecule has 0 radical (unpaired) electrons. The number of ether oxygens (including phenoxy) is 1. The molecule has 0 aliphatic carbocycles. The van der Waals surface area contributed by atoms with Crippen LogP contribution in [0.3, 0.4) is 0 Å². The number of aliphatic hydroxyl groups is 2. The van der Waals surface area contributed by atoms with Crippen LogP contribution in [0.5, 0.6) is 0 Å². The normalized spacial score (nSPS) is 19.3. The van der Waals surface area contributed by atoms with Crippen LogP contribution in [-0.2, 0) is 31.6 Å². The molecule has 0 amide bonds. The molecule has 1 heterocycles. The average molecular weight is 535 g/mol. The SMILES string of the molecule is C[C@@H](OC(COP(=O)(O)OP(=O)(O)OP(=O)(O)O)(C(O)O)C(F)F)n1ccc(N)nc1=O. The molecule has 32 heavy (non-hydrogen) atoms. The van der Waals surface area contributed by atoms with Gasteiger partial charge in [-0.3, -0.25) is 9.09 Å². The monoisotopic (exact) mass is 535 g/mol. The third-order valence-electron chi connectivity index (χ3n) is 3.31. The number of phosphoric acid groups is 3. The van der Waals surface area contributed by atoms with Crippen molar-refractivity contribution in [2.24, 2.45) is 0 Å². The van der Waals surface area contributed by atoms with Crippen LogP contribution in [0.15, 0.2) is 17.1 Å². The largest absolute Gasteiger partial charge is 0.490 e. The Bertz CT molecular complexity index is 990. The smallest absolute Gasteiger partial charge is 0.383 e. The summed E-state index contributed by atoms with van der Waals surface area (Å²) < 4.78 is 77.2. The molecule has 0 bridgehead atoms. The van der Waals surface area contributed by atoms with E-state index in [1.54, 1.807) is 0 Å². The number of nitrogens with two attached hydrogens (primary N) is 1. The maximum absolute atomic E-state index is 13.7. The van der Waals surface area contributed by atoms with Crippen LogP contribution < -0.4 is 11.4 Å². The third-order valence-corrected chi connectivity index (χ3v) is 7.09. The first kappa shape index (κ1) is 28.9. The number of hydrogen-bond acceptors (Lipinski definition) is 12. The summed E-state index contributed by atoms with van der Waals surface area (Å²) in [6.45, 7) is -0.961. The highest BCUT2D eigenvalue weighted by atomic mass is 31.3. The maximum atomic E-state index is 13.7. The zero-order valence-electron chi connectivity index (χ0n) is 15.6. The quantitative estimate of drug-likeness (QED) is 0.125. The van der Waals surface area contributed by atoms with Gasteiger partial charge in [-0.15, -0.1) is 0 Å². The molecule has 22 heteroatoms. The second kappa shape index (κ2) is 10.4. The predicted octanol–water partition coefficient (Wildman–Crippen LogP) is -0.982. The first-order chi connectivity index (χ1) is 14.3. The fourth-order valence-corrected chi connectivity index (χ4v) is 5.02. The minimum Gasteiger partial charge on any atom is -0.383 e. The Labute approximate surface area is 176 Å². The van der Waals surface area contributed by atoms with Gasteiger partial charge in [0.25, 0.3) is 6.43 Å². The molecular formula is C10H18F2N3O14P3. The summed E-state index contributed by atoms with van der Waals surface area (Å²) in [4.78, 5) is 50.4. The summed E-state index contributed by atoms with van der Waals surface area (Å²) in [5.41, 5.74) is 0.601. The number of nitrogens with zero attached hydrogens (tertiary/aromatic N) is 2. The van der Waals surface area contributed by atoms with Gasteiger partial charge in [-0.25, -0.2) is 27.3 Å². The molecule has 1 rings (SSSR count). The van der Waals surface area contributed by atoms with Crippen LogP contribution in [0.1, 0.15) is 13.2 Å². The number of halogens is 2. The van der Waals surface area contributed by atoms with Crippen molar-refractivity contribution in [3.05, 3.63) is 22.7 Å². The Morgan fingerprint density at radius 2 is 1.72 bits per heavy atom. The van der Waals surface area contributed by atoms with Gasteiger partial charge in [0.1, 0.15) is 12.0 Å². The maximum Gasteiger partial charge on any atom is 0.490 e. The first-order valence-corrected chi connectivity index (χ1v) is 12.3. The lowest BCUT2D eigenvalue weighted by Crippen LogP contribution is -2.55. The van der Waals surface area contributed by atoms with Crippen molar-refractivity contribution in [1.82, 2.24) is 9.55 Å².